The van der Waals surface area contributed by atoms with Gasteiger partial charge < -0.3 is 25.5 Å². The molecule has 2 aliphatic heterocycles. The normalized spacial score (nSPS) is 22.9. The molecule has 178 valence electrons. The van der Waals surface area contributed by atoms with Gasteiger partial charge in [-0.05, 0) is 0 Å². The van der Waals surface area contributed by atoms with Gasteiger partial charge in [0.2, 0.25) is 0 Å². The maximum Gasteiger partial charge on any atom is 0.353 e. The van der Waals surface area contributed by atoms with Crippen LogP contribution in [0.3, 0.4) is 0 Å². The van der Waals surface area contributed by atoms with Crippen LogP contribution in [0.4, 0.5) is 5.13 Å². The third kappa shape index (κ3) is 5.02. The van der Waals surface area contributed by atoms with E-state index in [1.54, 1.807) is 0 Å². The van der Waals surface area contributed by atoms with E-state index in [2.05, 4.69) is 28.1 Å². The standard InChI is InChI=1S/C19H24N6O6S2/c1-25(5-3-4-6-25)7-10(8-26)14(18(29)30)24-16(28)13(17(24)32)22-15(27)12(23-31-2)11-9-33-19(20)21-11/h8-9,13,17H,3-7H2,1-2H3,(H4-,20,21,22,27,29,30,32)/p+1/b14-10?,23-12-/t13-,17-/m1/s1. The number of likely N-dealkylation sites (N-methyl/N-ethyl adjacent to an activating group) is 1. The van der Waals surface area contributed by atoms with E-state index in [9.17, 15) is 24.3 Å². The highest BCUT2D eigenvalue weighted by Gasteiger charge is 2.51. The summed E-state index contributed by atoms with van der Waals surface area (Å²) < 4.78 is 0.512. The number of oxime groups is 1. The number of carbonyl (C=O) groups excluding carboxylic acids is 3. The number of nitrogen functional groups attached to an aromatic ring is 1. The lowest BCUT2D eigenvalue weighted by molar-refractivity contribution is -0.892. The van der Waals surface area contributed by atoms with Gasteiger partial charge in [0, 0.05) is 18.2 Å². The second-order valence-electron chi connectivity index (χ2n) is 8.00. The second-order valence-corrected chi connectivity index (χ2v) is 9.41. The molecule has 0 unspecified atom stereocenters. The monoisotopic (exact) mass is 497 g/mol. The average molecular weight is 498 g/mol. The summed E-state index contributed by atoms with van der Waals surface area (Å²) >= 11 is 5.42. The fraction of sp³-hybridized carbons (Fsp3) is 0.474. The number of aldehydes is 1. The van der Waals surface area contributed by atoms with Gasteiger partial charge in [0.25, 0.3) is 11.8 Å². The van der Waals surface area contributed by atoms with Crippen LogP contribution < -0.4 is 11.1 Å². The molecular formula is C19H25N6O6S2+. The molecule has 1 aromatic heterocycles. The predicted molar refractivity (Wildman–Crippen MR) is 122 cm³/mol. The first kappa shape index (κ1) is 24.7. The highest BCUT2D eigenvalue weighted by atomic mass is 32.1. The number of thiol groups is 1. The fourth-order valence-electron chi connectivity index (χ4n) is 3.99. The van der Waals surface area contributed by atoms with Gasteiger partial charge in [-0.25, -0.2) is 9.78 Å². The Kier molecular flexibility index (Phi) is 7.39. The number of carbonyl (C=O) groups is 4. The lowest BCUT2D eigenvalue weighted by Crippen LogP contribution is -2.69. The highest BCUT2D eigenvalue weighted by Crippen LogP contribution is 2.31. The van der Waals surface area contributed by atoms with Crippen molar-refractivity contribution in [2.24, 2.45) is 5.16 Å². The van der Waals surface area contributed by atoms with E-state index in [0.717, 1.165) is 42.2 Å². The van der Waals surface area contributed by atoms with Crippen molar-refractivity contribution in [3.8, 4) is 0 Å². The molecule has 2 fully saturated rings. The van der Waals surface area contributed by atoms with Crippen LogP contribution in [0.2, 0.25) is 0 Å². The van der Waals surface area contributed by atoms with E-state index >= 15 is 0 Å². The van der Waals surface area contributed by atoms with Crippen molar-refractivity contribution in [2.75, 3.05) is 39.5 Å². The molecule has 3 rings (SSSR count). The summed E-state index contributed by atoms with van der Waals surface area (Å²) in [4.78, 5) is 59.0. The summed E-state index contributed by atoms with van der Waals surface area (Å²) in [5.74, 6) is -2.90. The Morgan fingerprint density at radius 1 is 1.48 bits per heavy atom. The van der Waals surface area contributed by atoms with Crippen LogP contribution in [0.15, 0.2) is 21.8 Å². The Bertz CT molecular complexity index is 1030. The molecule has 2 amide bonds. The number of carboxylic acids is 1. The number of anilines is 1. The van der Waals surface area contributed by atoms with Crippen molar-refractivity contribution < 1.29 is 33.6 Å². The summed E-state index contributed by atoms with van der Waals surface area (Å²) in [6, 6.07) is -1.14. The van der Waals surface area contributed by atoms with Crippen molar-refractivity contribution in [2.45, 2.75) is 24.3 Å². The van der Waals surface area contributed by atoms with E-state index in [1.165, 1.54) is 12.5 Å². The van der Waals surface area contributed by atoms with Crippen molar-refractivity contribution in [3.05, 3.63) is 22.3 Å². The Labute approximate surface area is 199 Å². The molecule has 0 saturated carbocycles. The Hall–Kier alpha value is -2.97. The van der Waals surface area contributed by atoms with Gasteiger partial charge in [0.05, 0.1) is 25.7 Å². The quantitative estimate of drug-likeness (QED) is 0.0670. The van der Waals surface area contributed by atoms with Crippen LogP contribution in [0.5, 0.6) is 0 Å². The number of aromatic nitrogens is 1. The minimum Gasteiger partial charge on any atom is -0.477 e. The SMILES string of the molecule is CO/N=C(\C(=O)N[C@@H]1C(=O)N(C(C(=O)O)=C(C=O)C[N+]2(C)CCCC2)[C@@H]1S)c1csc(N)n1. The maximum atomic E-state index is 12.9. The lowest BCUT2D eigenvalue weighted by Gasteiger charge is -2.45. The van der Waals surface area contributed by atoms with Crippen LogP contribution in [0.1, 0.15) is 18.5 Å². The Morgan fingerprint density at radius 2 is 2.15 bits per heavy atom. The molecule has 12 nitrogen and oxygen atoms in total. The third-order valence-electron chi connectivity index (χ3n) is 5.60. The van der Waals surface area contributed by atoms with Crippen LogP contribution in [0, 0.1) is 0 Å². The molecule has 0 aliphatic carbocycles. The summed E-state index contributed by atoms with van der Waals surface area (Å²) in [6.07, 6.45) is 2.43. The predicted octanol–water partition coefficient (Wildman–Crippen LogP) is -0.563. The number of likely N-dealkylation sites (tertiary alicyclic amines) is 2. The molecule has 2 aliphatic rings. The van der Waals surface area contributed by atoms with Gasteiger partial charge >= 0.3 is 5.97 Å². The van der Waals surface area contributed by atoms with Crippen molar-refractivity contribution in [1.82, 2.24) is 15.2 Å². The largest absolute Gasteiger partial charge is 0.477 e. The molecule has 0 radical (unpaired) electrons. The molecule has 0 spiro atoms. The van der Waals surface area contributed by atoms with Gasteiger partial charge in [-0.2, -0.15) is 12.6 Å². The number of hydrogen-bond donors (Lipinski definition) is 4. The maximum absolute atomic E-state index is 12.9. The van der Waals surface area contributed by atoms with Gasteiger partial charge in [-0.3, -0.25) is 19.3 Å². The van der Waals surface area contributed by atoms with E-state index in [4.69, 9.17) is 10.6 Å². The molecule has 4 N–H and O–H groups in total. The molecule has 0 aromatic carbocycles. The van der Waals surface area contributed by atoms with Crippen LogP contribution in [0.25, 0.3) is 0 Å². The second kappa shape index (κ2) is 9.89. The summed E-state index contributed by atoms with van der Waals surface area (Å²) in [7, 11) is 3.19. The third-order valence-corrected chi connectivity index (χ3v) is 6.81. The smallest absolute Gasteiger partial charge is 0.353 e. The van der Waals surface area contributed by atoms with Gasteiger partial charge in [-0.1, -0.05) is 5.16 Å². The number of β-lactam (4-membered cyclic amide) rings is 1. The topological polar surface area (TPSA) is 164 Å². The summed E-state index contributed by atoms with van der Waals surface area (Å²) in [5, 5.41) is 16.6. The average Bonchev–Trinajstić information content (AvgIpc) is 3.40. The number of nitrogens with zero attached hydrogens (tertiary/aromatic N) is 4. The molecule has 33 heavy (non-hydrogen) atoms. The van der Waals surface area contributed by atoms with Gasteiger partial charge in [0.1, 0.15) is 36.5 Å². The number of aliphatic carboxylic acids is 1. The first-order valence-corrected chi connectivity index (χ1v) is 11.4. The zero-order valence-corrected chi connectivity index (χ0v) is 19.8. The van der Waals surface area contributed by atoms with Crippen molar-refractivity contribution in [1.29, 1.82) is 0 Å². The number of amides is 2. The minimum absolute atomic E-state index is 0.00339. The van der Waals surface area contributed by atoms with Crippen molar-refractivity contribution >= 4 is 58.9 Å². The van der Waals surface area contributed by atoms with E-state index < -0.39 is 34.9 Å². The highest BCUT2D eigenvalue weighted by molar-refractivity contribution is 7.81. The number of thiazole rings is 1. The zero-order chi connectivity index (χ0) is 24.3. The van der Waals surface area contributed by atoms with Crippen LogP contribution in [-0.4, -0.2) is 94.5 Å². The lowest BCUT2D eigenvalue weighted by atomic mass is 10.0. The Balaban J connectivity index is 1.81. The summed E-state index contributed by atoms with van der Waals surface area (Å²) in [6.45, 7) is 1.80. The minimum atomic E-state index is -1.42. The molecule has 2 saturated heterocycles. The first-order chi connectivity index (χ1) is 15.6. The molecular weight excluding hydrogens is 472 g/mol. The number of rotatable bonds is 9. The zero-order valence-electron chi connectivity index (χ0n) is 18.1. The number of quaternary nitrogens is 1. The first-order valence-electron chi connectivity index (χ1n) is 10.0. The molecule has 14 heteroatoms. The van der Waals surface area contributed by atoms with Crippen LogP contribution >= 0.6 is 24.0 Å². The molecule has 1 aromatic rings. The number of hydrogen-bond acceptors (Lipinski definition) is 10. The number of carboxylic acid groups (broad SMARTS) is 1. The van der Waals surface area contributed by atoms with Gasteiger partial charge in [-0.15, -0.1) is 11.3 Å². The van der Waals surface area contributed by atoms with Crippen molar-refractivity contribution in [3.63, 3.8) is 0 Å². The van der Waals surface area contributed by atoms with E-state index in [-0.39, 0.29) is 28.7 Å². The Morgan fingerprint density at radius 3 is 2.64 bits per heavy atom. The molecule has 0 bridgehead atoms. The summed E-state index contributed by atoms with van der Waals surface area (Å²) in [5.41, 5.74) is 5.14. The van der Waals surface area contributed by atoms with Crippen LogP contribution in [-0.2, 0) is 24.0 Å². The number of nitrogens with two attached hydrogens (primary N) is 1. The fourth-order valence-corrected chi connectivity index (χ4v) is 4.97. The van der Waals surface area contributed by atoms with E-state index in [1.807, 2.05) is 7.05 Å². The van der Waals surface area contributed by atoms with Gasteiger partial charge in [0.15, 0.2) is 17.1 Å². The molecule has 2 atom stereocenters. The number of nitrogens with one attached hydrogen (secondary N) is 1. The molecule has 3 heterocycles. The van der Waals surface area contributed by atoms with E-state index in [0.29, 0.717) is 10.8 Å².